The first-order valence-corrected chi connectivity index (χ1v) is 7.67. The van der Waals surface area contributed by atoms with Crippen LogP contribution in [0.25, 0.3) is 0 Å². The molecule has 0 spiro atoms. The number of rotatable bonds is 2. The number of nitrogens with one attached hydrogen (secondary N) is 1. The van der Waals surface area contributed by atoms with Crippen LogP contribution in [0.4, 0.5) is 17.1 Å². The summed E-state index contributed by atoms with van der Waals surface area (Å²) < 4.78 is 0. The molecule has 1 aromatic carbocycles. The van der Waals surface area contributed by atoms with E-state index < -0.39 is 0 Å². The van der Waals surface area contributed by atoms with Gasteiger partial charge in [-0.05, 0) is 44.2 Å². The number of carbonyl (C=O) groups excluding carboxylic acids is 1. The molecule has 0 aromatic heterocycles. The van der Waals surface area contributed by atoms with Gasteiger partial charge in [0.15, 0.2) is 0 Å². The van der Waals surface area contributed by atoms with Gasteiger partial charge in [-0.1, -0.05) is 6.92 Å². The highest BCUT2D eigenvalue weighted by Gasteiger charge is 2.39. The van der Waals surface area contributed by atoms with Gasteiger partial charge < -0.3 is 10.2 Å². The van der Waals surface area contributed by atoms with E-state index in [1.807, 2.05) is 0 Å². The molecule has 0 saturated carbocycles. The minimum Gasteiger partial charge on any atom is -0.361 e. The Morgan fingerprint density at radius 2 is 2.09 bits per heavy atom. The Kier molecular flexibility index (Phi) is 3.34. The number of nitro benzene ring substituents is 1. The molecule has 22 heavy (non-hydrogen) atoms. The third-order valence-electron chi connectivity index (χ3n) is 4.66. The third kappa shape index (κ3) is 2.42. The quantitative estimate of drug-likeness (QED) is 0.673. The Morgan fingerprint density at radius 1 is 1.36 bits per heavy atom. The maximum atomic E-state index is 11.6. The molecule has 1 saturated heterocycles. The Bertz CT molecular complexity index is 654. The molecule has 6 nitrogen and oxygen atoms in total. The summed E-state index contributed by atoms with van der Waals surface area (Å²) in [5.41, 5.74) is 2.18. The fourth-order valence-electron chi connectivity index (χ4n) is 3.78. The summed E-state index contributed by atoms with van der Waals surface area (Å²) in [6.07, 6.45) is 1.94. The lowest BCUT2D eigenvalue weighted by Crippen LogP contribution is -2.38. The summed E-state index contributed by atoms with van der Waals surface area (Å²) in [6, 6.07) is 3.41. The summed E-state index contributed by atoms with van der Waals surface area (Å²) in [7, 11) is 0. The highest BCUT2D eigenvalue weighted by atomic mass is 16.6. The zero-order chi connectivity index (χ0) is 16.1. The average molecular weight is 303 g/mol. The number of hydrogen-bond acceptors (Lipinski definition) is 4. The van der Waals surface area contributed by atoms with E-state index in [1.54, 1.807) is 12.1 Å². The summed E-state index contributed by atoms with van der Waals surface area (Å²) in [4.78, 5) is 24.9. The summed E-state index contributed by atoms with van der Waals surface area (Å²) >= 11 is 0. The molecule has 1 unspecified atom stereocenters. The largest absolute Gasteiger partial charge is 0.361 e. The number of carbonyl (C=O) groups is 1. The Balaban J connectivity index is 2.11. The van der Waals surface area contributed by atoms with Crippen molar-refractivity contribution in [2.45, 2.75) is 45.6 Å². The average Bonchev–Trinajstić information content (AvgIpc) is 2.69. The second kappa shape index (κ2) is 4.97. The smallest absolute Gasteiger partial charge is 0.292 e. The predicted octanol–water partition coefficient (Wildman–Crippen LogP) is 3.10. The molecule has 118 valence electrons. The van der Waals surface area contributed by atoms with Gasteiger partial charge in [0.1, 0.15) is 5.69 Å². The van der Waals surface area contributed by atoms with E-state index in [9.17, 15) is 14.9 Å². The van der Waals surface area contributed by atoms with Crippen molar-refractivity contribution >= 4 is 23.0 Å². The maximum Gasteiger partial charge on any atom is 0.292 e. The Hall–Kier alpha value is -2.11. The standard InChI is InChI=1S/C16H21N3O3/c1-10-8-16(2,3)18(9-10)13-7-12-11(4-5-15(20)17-12)6-14(13)19(21)22/h6-7,10H,4-5,8-9H2,1-3H3,(H,17,20). The molecule has 2 aliphatic heterocycles. The van der Waals surface area contributed by atoms with Crippen LogP contribution in [0.2, 0.25) is 0 Å². The zero-order valence-electron chi connectivity index (χ0n) is 13.2. The molecule has 1 aromatic rings. The number of fused-ring (bicyclic) bond motifs is 1. The van der Waals surface area contributed by atoms with Crippen molar-refractivity contribution in [3.63, 3.8) is 0 Å². The molecule has 1 fully saturated rings. The molecule has 6 heteroatoms. The van der Waals surface area contributed by atoms with Crippen LogP contribution >= 0.6 is 0 Å². The topological polar surface area (TPSA) is 75.5 Å². The number of amides is 1. The SMILES string of the molecule is CC1CN(c2cc3c(cc2[N+](=O)[O-])CCC(=O)N3)C(C)(C)C1. The van der Waals surface area contributed by atoms with E-state index in [2.05, 4.69) is 31.0 Å². The van der Waals surface area contributed by atoms with Crippen LogP contribution in [0.3, 0.4) is 0 Å². The van der Waals surface area contributed by atoms with Crippen molar-refractivity contribution in [2.75, 3.05) is 16.8 Å². The molecule has 2 aliphatic rings. The summed E-state index contributed by atoms with van der Waals surface area (Å²) in [5, 5.41) is 14.4. The van der Waals surface area contributed by atoms with E-state index in [1.165, 1.54) is 0 Å². The first-order chi connectivity index (χ1) is 10.3. The molecule has 3 rings (SSSR count). The van der Waals surface area contributed by atoms with Crippen LogP contribution in [0.15, 0.2) is 12.1 Å². The minimum atomic E-state index is -0.314. The second-order valence-electron chi connectivity index (χ2n) is 7.04. The van der Waals surface area contributed by atoms with Gasteiger partial charge in [-0.25, -0.2) is 0 Å². The van der Waals surface area contributed by atoms with E-state index in [0.717, 1.165) is 18.5 Å². The predicted molar refractivity (Wildman–Crippen MR) is 85.3 cm³/mol. The van der Waals surface area contributed by atoms with E-state index in [4.69, 9.17) is 0 Å². The minimum absolute atomic E-state index is 0.0265. The van der Waals surface area contributed by atoms with E-state index in [-0.39, 0.29) is 22.1 Å². The zero-order valence-corrected chi connectivity index (χ0v) is 13.2. The van der Waals surface area contributed by atoms with Crippen molar-refractivity contribution in [1.82, 2.24) is 0 Å². The number of nitro groups is 1. The lowest BCUT2D eigenvalue weighted by Gasteiger charge is -2.34. The fraction of sp³-hybridized carbons (Fsp3) is 0.562. The van der Waals surface area contributed by atoms with Gasteiger partial charge in [-0.15, -0.1) is 0 Å². The molecular formula is C16H21N3O3. The molecule has 1 amide bonds. The normalized spacial score (nSPS) is 23.1. The van der Waals surface area contributed by atoms with Crippen molar-refractivity contribution in [3.8, 4) is 0 Å². The van der Waals surface area contributed by atoms with Crippen LogP contribution in [0.5, 0.6) is 0 Å². The van der Waals surface area contributed by atoms with E-state index in [0.29, 0.717) is 30.1 Å². The third-order valence-corrected chi connectivity index (χ3v) is 4.66. The number of aryl methyl sites for hydroxylation is 1. The molecule has 0 radical (unpaired) electrons. The van der Waals surface area contributed by atoms with Crippen LogP contribution in [0, 0.1) is 16.0 Å². The highest BCUT2D eigenvalue weighted by Crippen LogP contribution is 2.43. The van der Waals surface area contributed by atoms with Crippen molar-refractivity contribution in [1.29, 1.82) is 0 Å². The number of benzene rings is 1. The van der Waals surface area contributed by atoms with Gasteiger partial charge >= 0.3 is 0 Å². The van der Waals surface area contributed by atoms with Gasteiger partial charge in [-0.2, -0.15) is 0 Å². The molecule has 0 aliphatic carbocycles. The van der Waals surface area contributed by atoms with Crippen molar-refractivity contribution in [2.24, 2.45) is 5.92 Å². The van der Waals surface area contributed by atoms with Gasteiger partial charge in [0.05, 0.1) is 4.92 Å². The first-order valence-electron chi connectivity index (χ1n) is 7.67. The molecule has 1 N–H and O–H groups in total. The van der Waals surface area contributed by atoms with Crippen molar-refractivity contribution in [3.05, 3.63) is 27.8 Å². The van der Waals surface area contributed by atoms with Gasteiger partial charge in [0, 0.05) is 30.3 Å². The Morgan fingerprint density at radius 3 is 2.68 bits per heavy atom. The summed E-state index contributed by atoms with van der Waals surface area (Å²) in [5.74, 6) is 0.460. The molecule has 1 atom stereocenters. The molecule has 0 bridgehead atoms. The monoisotopic (exact) mass is 303 g/mol. The highest BCUT2D eigenvalue weighted by molar-refractivity contribution is 5.95. The lowest BCUT2D eigenvalue weighted by atomic mass is 9.96. The van der Waals surface area contributed by atoms with Crippen LogP contribution in [0.1, 0.15) is 39.2 Å². The molecular weight excluding hydrogens is 282 g/mol. The lowest BCUT2D eigenvalue weighted by molar-refractivity contribution is -0.384. The first kappa shape index (κ1) is 14.8. The number of hydrogen-bond donors (Lipinski definition) is 1. The fourth-order valence-corrected chi connectivity index (χ4v) is 3.78. The number of nitrogens with zero attached hydrogens (tertiary/aromatic N) is 2. The Labute approximate surface area is 129 Å². The molecule has 2 heterocycles. The summed E-state index contributed by atoms with van der Waals surface area (Å²) in [6.45, 7) is 7.17. The second-order valence-corrected chi connectivity index (χ2v) is 7.04. The van der Waals surface area contributed by atoms with Crippen molar-refractivity contribution < 1.29 is 9.72 Å². The van der Waals surface area contributed by atoms with Gasteiger partial charge in [0.2, 0.25) is 5.91 Å². The number of anilines is 2. The van der Waals surface area contributed by atoms with Crippen LogP contribution < -0.4 is 10.2 Å². The van der Waals surface area contributed by atoms with Crippen LogP contribution in [-0.4, -0.2) is 22.9 Å². The van der Waals surface area contributed by atoms with Crippen LogP contribution in [-0.2, 0) is 11.2 Å². The van der Waals surface area contributed by atoms with Gasteiger partial charge in [-0.3, -0.25) is 14.9 Å². The van der Waals surface area contributed by atoms with E-state index >= 15 is 0 Å². The van der Waals surface area contributed by atoms with Gasteiger partial charge in [0.25, 0.3) is 5.69 Å². The maximum absolute atomic E-state index is 11.6.